The van der Waals surface area contributed by atoms with Crippen LogP contribution in [0.1, 0.15) is 11.1 Å². The first-order valence-electron chi connectivity index (χ1n) is 5.85. The Bertz CT molecular complexity index is 721. The van der Waals surface area contributed by atoms with Crippen LogP contribution in [-0.2, 0) is 0 Å². The molecule has 3 aromatic carbocycles. The number of rotatable bonds is 1. The lowest BCUT2D eigenvalue weighted by Crippen LogP contribution is -1.84. The van der Waals surface area contributed by atoms with Crippen LogP contribution in [0.25, 0.3) is 27.6 Å². The van der Waals surface area contributed by atoms with Gasteiger partial charge in [-0.15, -0.1) is 0 Å². The molecule has 0 aliphatic rings. The number of hydrogen-bond acceptors (Lipinski definition) is 0. The zero-order chi connectivity index (χ0) is 11.8. The molecule has 0 heteroatoms. The highest BCUT2D eigenvalue weighted by Crippen LogP contribution is 2.31. The summed E-state index contributed by atoms with van der Waals surface area (Å²) in [7, 11) is 0. The molecule has 0 N–H and O–H groups in total. The molecule has 0 aliphatic carbocycles. The molecule has 82 valence electrons. The molecule has 0 unspecified atom stereocenters. The van der Waals surface area contributed by atoms with E-state index in [1.54, 1.807) is 0 Å². The highest BCUT2D eigenvalue weighted by atomic mass is 14.1. The Morgan fingerprint density at radius 3 is 2.18 bits per heavy atom. The van der Waals surface area contributed by atoms with Crippen LogP contribution in [0.2, 0.25) is 0 Å². The van der Waals surface area contributed by atoms with Gasteiger partial charge in [0.1, 0.15) is 0 Å². The molecule has 0 spiro atoms. The van der Waals surface area contributed by atoms with Crippen LogP contribution in [0.3, 0.4) is 0 Å². The summed E-state index contributed by atoms with van der Waals surface area (Å²) >= 11 is 0. The summed E-state index contributed by atoms with van der Waals surface area (Å²) in [5, 5.41) is 5.25. The fraction of sp³-hybridized carbons (Fsp3) is 0.0588. The number of hydrogen-bond donors (Lipinski definition) is 0. The van der Waals surface area contributed by atoms with Crippen molar-refractivity contribution in [3.8, 4) is 0 Å². The Labute approximate surface area is 101 Å². The largest absolute Gasteiger partial charge is 0.0984 e. The fourth-order valence-electron chi connectivity index (χ4n) is 2.54. The van der Waals surface area contributed by atoms with E-state index in [0.717, 1.165) is 0 Å². The van der Waals surface area contributed by atoms with E-state index in [1.165, 1.54) is 32.7 Å². The summed E-state index contributed by atoms with van der Waals surface area (Å²) < 4.78 is 0. The minimum Gasteiger partial charge on any atom is -0.0984 e. The predicted molar refractivity (Wildman–Crippen MR) is 76.3 cm³/mol. The Morgan fingerprint density at radius 2 is 1.47 bits per heavy atom. The van der Waals surface area contributed by atoms with Crippen LogP contribution < -0.4 is 0 Å². The van der Waals surface area contributed by atoms with Gasteiger partial charge in [-0.05, 0) is 39.6 Å². The maximum Gasteiger partial charge on any atom is -0.00304 e. The van der Waals surface area contributed by atoms with Gasteiger partial charge >= 0.3 is 0 Å². The Morgan fingerprint density at radius 1 is 0.824 bits per heavy atom. The van der Waals surface area contributed by atoms with Gasteiger partial charge in [0.05, 0.1) is 0 Å². The Kier molecular flexibility index (Phi) is 2.22. The molecule has 0 aliphatic heterocycles. The third-order valence-corrected chi connectivity index (χ3v) is 3.35. The molecule has 0 aromatic heterocycles. The number of aryl methyl sites for hydroxylation is 1. The summed E-state index contributed by atoms with van der Waals surface area (Å²) in [4.78, 5) is 0. The second-order valence-electron chi connectivity index (χ2n) is 4.39. The molecule has 0 radical (unpaired) electrons. The van der Waals surface area contributed by atoms with E-state index in [0.29, 0.717) is 0 Å². The van der Waals surface area contributed by atoms with Crippen LogP contribution in [0.15, 0.2) is 55.1 Å². The van der Waals surface area contributed by atoms with E-state index in [2.05, 4.69) is 62.0 Å². The number of benzene rings is 3. The zero-order valence-electron chi connectivity index (χ0n) is 9.90. The van der Waals surface area contributed by atoms with Gasteiger partial charge in [-0.1, -0.05) is 61.2 Å². The molecule has 0 atom stereocenters. The van der Waals surface area contributed by atoms with Crippen molar-refractivity contribution in [2.24, 2.45) is 0 Å². The number of fused-ring (bicyclic) bond motifs is 3. The van der Waals surface area contributed by atoms with E-state index in [1.807, 2.05) is 6.08 Å². The van der Waals surface area contributed by atoms with Crippen molar-refractivity contribution < 1.29 is 0 Å². The fourth-order valence-corrected chi connectivity index (χ4v) is 2.54. The van der Waals surface area contributed by atoms with Gasteiger partial charge in [-0.25, -0.2) is 0 Å². The summed E-state index contributed by atoms with van der Waals surface area (Å²) in [6, 6.07) is 17.2. The molecule has 3 rings (SSSR count). The maximum atomic E-state index is 3.92. The van der Waals surface area contributed by atoms with E-state index < -0.39 is 0 Å². The summed E-state index contributed by atoms with van der Waals surface area (Å²) in [5.41, 5.74) is 2.53. The minimum absolute atomic E-state index is 1.21. The molecular formula is C17H14. The van der Waals surface area contributed by atoms with Gasteiger partial charge in [0, 0.05) is 0 Å². The van der Waals surface area contributed by atoms with Gasteiger partial charge in [0.2, 0.25) is 0 Å². The van der Waals surface area contributed by atoms with Crippen LogP contribution in [0, 0.1) is 6.92 Å². The van der Waals surface area contributed by atoms with E-state index in [4.69, 9.17) is 0 Å². The van der Waals surface area contributed by atoms with Gasteiger partial charge < -0.3 is 0 Å². The SMILES string of the molecule is C=Cc1cccc2ccc3cccc(C)c3c12. The molecule has 0 heterocycles. The smallest absolute Gasteiger partial charge is 0.00304 e. The molecule has 3 aromatic rings. The van der Waals surface area contributed by atoms with E-state index in [-0.39, 0.29) is 0 Å². The van der Waals surface area contributed by atoms with Crippen LogP contribution in [0.4, 0.5) is 0 Å². The van der Waals surface area contributed by atoms with Gasteiger partial charge in [-0.3, -0.25) is 0 Å². The lowest BCUT2D eigenvalue weighted by Gasteiger charge is -2.09. The van der Waals surface area contributed by atoms with Crippen LogP contribution >= 0.6 is 0 Å². The van der Waals surface area contributed by atoms with Crippen molar-refractivity contribution in [2.45, 2.75) is 6.92 Å². The topological polar surface area (TPSA) is 0 Å². The third-order valence-electron chi connectivity index (χ3n) is 3.35. The van der Waals surface area contributed by atoms with Crippen LogP contribution in [0.5, 0.6) is 0 Å². The maximum absolute atomic E-state index is 3.92. The second-order valence-corrected chi connectivity index (χ2v) is 4.39. The van der Waals surface area contributed by atoms with Gasteiger partial charge in [0.25, 0.3) is 0 Å². The van der Waals surface area contributed by atoms with Crippen molar-refractivity contribution >= 4 is 27.6 Å². The van der Waals surface area contributed by atoms with Crippen molar-refractivity contribution in [1.29, 1.82) is 0 Å². The third kappa shape index (κ3) is 1.45. The first-order valence-corrected chi connectivity index (χ1v) is 5.85. The molecule has 0 nitrogen and oxygen atoms in total. The summed E-state index contributed by atoms with van der Waals surface area (Å²) in [6.45, 7) is 6.09. The predicted octanol–water partition coefficient (Wildman–Crippen LogP) is 4.94. The van der Waals surface area contributed by atoms with Crippen LogP contribution in [-0.4, -0.2) is 0 Å². The molecular weight excluding hydrogens is 204 g/mol. The quantitative estimate of drug-likeness (QED) is 0.507. The monoisotopic (exact) mass is 218 g/mol. The van der Waals surface area contributed by atoms with Crippen molar-refractivity contribution in [2.75, 3.05) is 0 Å². The van der Waals surface area contributed by atoms with Gasteiger partial charge in [-0.2, -0.15) is 0 Å². The molecule has 0 amide bonds. The average Bonchev–Trinajstić information content (AvgIpc) is 2.38. The van der Waals surface area contributed by atoms with Crippen molar-refractivity contribution in [3.05, 3.63) is 66.2 Å². The van der Waals surface area contributed by atoms with Crippen molar-refractivity contribution in [1.82, 2.24) is 0 Å². The first-order chi connectivity index (χ1) is 8.31. The Hall–Kier alpha value is -2.08. The molecule has 0 bridgehead atoms. The zero-order valence-corrected chi connectivity index (χ0v) is 9.90. The Balaban J connectivity index is 2.66. The van der Waals surface area contributed by atoms with Crippen molar-refractivity contribution in [3.63, 3.8) is 0 Å². The summed E-state index contributed by atoms with van der Waals surface area (Å²) in [5.74, 6) is 0. The molecule has 17 heavy (non-hydrogen) atoms. The molecule has 0 saturated heterocycles. The second kappa shape index (κ2) is 3.74. The standard InChI is InChI=1S/C17H14/c1-3-13-7-5-9-15-11-10-14-8-4-6-12(2)16(14)17(13)15/h3-11H,1H2,2H3. The average molecular weight is 218 g/mol. The summed E-state index contributed by atoms with van der Waals surface area (Å²) in [6.07, 6.45) is 1.94. The minimum atomic E-state index is 1.21. The highest BCUT2D eigenvalue weighted by Gasteiger charge is 2.05. The lowest BCUT2D eigenvalue weighted by atomic mass is 9.95. The molecule has 0 saturated carbocycles. The molecule has 0 fully saturated rings. The lowest BCUT2D eigenvalue weighted by molar-refractivity contribution is 1.54. The van der Waals surface area contributed by atoms with Gasteiger partial charge in [0.15, 0.2) is 0 Å². The first kappa shape index (κ1) is 10.1. The van der Waals surface area contributed by atoms with E-state index >= 15 is 0 Å². The highest BCUT2D eigenvalue weighted by molar-refractivity contribution is 6.12. The van der Waals surface area contributed by atoms with E-state index in [9.17, 15) is 0 Å². The normalized spacial score (nSPS) is 10.9.